The average molecular weight is 606 g/mol. The normalized spacial score (nSPS) is 27.4. The summed E-state index contributed by atoms with van der Waals surface area (Å²) in [6, 6.07) is 16.9. The van der Waals surface area contributed by atoms with Gasteiger partial charge in [0.1, 0.15) is 12.6 Å². The largest absolute Gasteiger partial charge is 0.352 e. The smallest absolute Gasteiger partial charge is 0.244 e. The Morgan fingerprint density at radius 1 is 0.884 bits per heavy atom. The van der Waals surface area contributed by atoms with Crippen LogP contribution in [-0.4, -0.2) is 50.0 Å². The van der Waals surface area contributed by atoms with E-state index in [1.807, 2.05) is 42.5 Å². The van der Waals surface area contributed by atoms with Crippen LogP contribution in [0.15, 0.2) is 54.6 Å². The summed E-state index contributed by atoms with van der Waals surface area (Å²) in [7, 11) is -3.76. The number of benzene rings is 2. The number of sulfonamides is 1. The predicted octanol–water partition coefficient (Wildman–Crippen LogP) is 5.79. The highest BCUT2D eigenvalue weighted by molar-refractivity contribution is 7.92. The molecule has 0 aliphatic heterocycles. The number of hydrogen-bond donors (Lipinski definition) is 1. The van der Waals surface area contributed by atoms with Gasteiger partial charge >= 0.3 is 0 Å². The fourth-order valence-electron chi connectivity index (χ4n) is 8.99. The zero-order valence-corrected chi connectivity index (χ0v) is 26.5. The van der Waals surface area contributed by atoms with Crippen LogP contribution < -0.4 is 9.62 Å². The molecular weight excluding hydrogens is 558 g/mol. The minimum Gasteiger partial charge on any atom is -0.352 e. The summed E-state index contributed by atoms with van der Waals surface area (Å²) < 4.78 is 27.4. The van der Waals surface area contributed by atoms with Gasteiger partial charge in [-0.1, -0.05) is 61.7 Å². The topological polar surface area (TPSA) is 86.8 Å². The van der Waals surface area contributed by atoms with Gasteiger partial charge < -0.3 is 10.2 Å². The maximum Gasteiger partial charge on any atom is 0.244 e. The van der Waals surface area contributed by atoms with Gasteiger partial charge in [0.05, 0.1) is 11.9 Å². The molecule has 0 saturated heterocycles. The van der Waals surface area contributed by atoms with Crippen molar-refractivity contribution in [1.29, 1.82) is 0 Å². The molecule has 5 aliphatic rings. The monoisotopic (exact) mass is 605 g/mol. The van der Waals surface area contributed by atoms with Crippen molar-refractivity contribution in [3.05, 3.63) is 65.7 Å². The van der Waals surface area contributed by atoms with Crippen LogP contribution in [0.5, 0.6) is 0 Å². The van der Waals surface area contributed by atoms with E-state index >= 15 is 0 Å². The van der Waals surface area contributed by atoms with E-state index in [0.29, 0.717) is 5.69 Å². The Kier molecular flexibility index (Phi) is 8.60. The van der Waals surface area contributed by atoms with Crippen LogP contribution in [0, 0.1) is 17.8 Å². The zero-order valence-electron chi connectivity index (χ0n) is 25.7. The fraction of sp³-hybridized carbons (Fsp3) is 0.600. The first-order valence-corrected chi connectivity index (χ1v) is 18.2. The third-order valence-corrected chi connectivity index (χ3v) is 11.9. The summed E-state index contributed by atoms with van der Waals surface area (Å²) in [6.07, 6.45) is 14.3. The molecule has 7 nitrogen and oxygen atoms in total. The van der Waals surface area contributed by atoms with Crippen LogP contribution in [0.25, 0.3) is 0 Å². The molecule has 5 aliphatic carbocycles. The van der Waals surface area contributed by atoms with Crippen molar-refractivity contribution < 1.29 is 18.0 Å². The molecule has 7 rings (SSSR count). The Hall–Kier alpha value is -2.87. The van der Waals surface area contributed by atoms with Crippen molar-refractivity contribution in [2.75, 3.05) is 17.1 Å². The van der Waals surface area contributed by atoms with E-state index in [2.05, 4.69) is 17.4 Å². The second-order valence-corrected chi connectivity index (χ2v) is 15.9. The molecule has 4 bridgehead atoms. The molecule has 0 heterocycles. The lowest BCUT2D eigenvalue weighted by Gasteiger charge is -2.57. The minimum atomic E-state index is -3.76. The van der Waals surface area contributed by atoms with Gasteiger partial charge in [0.25, 0.3) is 0 Å². The van der Waals surface area contributed by atoms with Crippen LogP contribution in [0.2, 0.25) is 0 Å². The van der Waals surface area contributed by atoms with Gasteiger partial charge in [-0.3, -0.25) is 13.9 Å². The van der Waals surface area contributed by atoms with Crippen LogP contribution in [-0.2, 0) is 31.6 Å². The van der Waals surface area contributed by atoms with Crippen molar-refractivity contribution in [2.45, 2.75) is 102 Å². The quantitative estimate of drug-likeness (QED) is 0.372. The summed E-state index contributed by atoms with van der Waals surface area (Å²) >= 11 is 0. The predicted molar refractivity (Wildman–Crippen MR) is 170 cm³/mol. The van der Waals surface area contributed by atoms with Crippen LogP contribution in [0.1, 0.15) is 88.7 Å². The second-order valence-electron chi connectivity index (χ2n) is 14.0. The van der Waals surface area contributed by atoms with Gasteiger partial charge in [-0.25, -0.2) is 8.42 Å². The first kappa shape index (κ1) is 30.2. The highest BCUT2D eigenvalue weighted by atomic mass is 32.2. The second kappa shape index (κ2) is 12.3. The molecule has 232 valence electrons. The van der Waals surface area contributed by atoms with Crippen LogP contribution in [0.3, 0.4) is 0 Å². The number of anilines is 1. The van der Waals surface area contributed by atoms with Crippen molar-refractivity contribution >= 4 is 27.5 Å². The Balaban J connectivity index is 1.21. The Bertz CT molecular complexity index is 1370. The Labute approximate surface area is 257 Å². The first-order valence-electron chi connectivity index (χ1n) is 16.3. The maximum absolute atomic E-state index is 14.0. The van der Waals surface area contributed by atoms with E-state index in [4.69, 9.17) is 0 Å². The lowest BCUT2D eigenvalue weighted by molar-refractivity contribution is -0.139. The lowest BCUT2D eigenvalue weighted by atomic mass is 9.48. The molecular formula is C35H47N3O4S. The molecule has 1 N–H and O–H groups in total. The minimum absolute atomic E-state index is 0.123. The zero-order chi connectivity index (χ0) is 30.2. The number of carbonyl (C=O) groups excluding carboxylic acids is 2. The third kappa shape index (κ3) is 6.64. The standard InChI is InChI=1S/C35H47N3O4S/c1-25(34(40)36-31-11-7-4-8-12-31)37(23-26-9-5-3-6-10-26)33(39)24-38(43(2,41)42)32-15-13-30(14-16-32)35-20-27-17-28(21-35)19-29(18-27)22-35/h3,5-6,9-10,13-16,25,27-29,31H,4,7-8,11-12,17-24H2,1-2H3,(H,36,40)/t25-,27?,28?,29?,35?/m0/s1. The van der Waals surface area contributed by atoms with Crippen molar-refractivity contribution in [3.8, 4) is 0 Å². The average Bonchev–Trinajstić information content (AvgIpc) is 2.98. The third-order valence-electron chi connectivity index (χ3n) is 10.8. The van der Waals surface area contributed by atoms with Crippen LogP contribution >= 0.6 is 0 Å². The number of amides is 2. The summed E-state index contributed by atoms with van der Waals surface area (Å²) in [4.78, 5) is 28.8. The number of hydrogen-bond acceptors (Lipinski definition) is 4. The Morgan fingerprint density at radius 2 is 1.47 bits per heavy atom. The molecule has 2 amide bonds. The number of nitrogens with zero attached hydrogens (tertiary/aromatic N) is 2. The van der Waals surface area contributed by atoms with Gasteiger partial charge in [-0.15, -0.1) is 0 Å². The van der Waals surface area contributed by atoms with E-state index in [-0.39, 0.29) is 30.5 Å². The summed E-state index contributed by atoms with van der Waals surface area (Å²) in [6.45, 7) is 1.61. The highest BCUT2D eigenvalue weighted by Gasteiger charge is 2.51. The number of nitrogens with one attached hydrogen (secondary N) is 1. The summed E-state index contributed by atoms with van der Waals surface area (Å²) in [5.74, 6) is 1.88. The SMILES string of the molecule is C[C@@H](C(=O)NC1CCCCC1)N(Cc1ccccc1)C(=O)CN(c1ccc(C23CC4CC(CC(C4)C2)C3)cc1)S(C)(=O)=O. The van der Waals surface area contributed by atoms with E-state index < -0.39 is 22.0 Å². The number of carbonyl (C=O) groups is 2. The molecule has 43 heavy (non-hydrogen) atoms. The van der Waals surface area contributed by atoms with Crippen molar-refractivity contribution in [1.82, 2.24) is 10.2 Å². The van der Waals surface area contributed by atoms with Gasteiger partial charge in [-0.05, 0) is 105 Å². The molecule has 0 unspecified atom stereocenters. The van der Waals surface area contributed by atoms with Crippen molar-refractivity contribution in [2.24, 2.45) is 17.8 Å². The number of rotatable bonds is 10. The highest BCUT2D eigenvalue weighted by Crippen LogP contribution is 2.60. The molecule has 2 aromatic rings. The molecule has 0 spiro atoms. The van der Waals surface area contributed by atoms with E-state index in [1.165, 1.54) is 59.7 Å². The summed E-state index contributed by atoms with van der Waals surface area (Å²) in [5.41, 5.74) is 2.91. The molecule has 1 atom stereocenters. The summed E-state index contributed by atoms with van der Waals surface area (Å²) in [5, 5.41) is 3.15. The lowest BCUT2D eigenvalue weighted by Crippen LogP contribution is -2.53. The van der Waals surface area contributed by atoms with Crippen LogP contribution in [0.4, 0.5) is 5.69 Å². The van der Waals surface area contributed by atoms with Gasteiger partial charge in [-0.2, -0.15) is 0 Å². The van der Waals surface area contributed by atoms with E-state index in [9.17, 15) is 18.0 Å². The van der Waals surface area contributed by atoms with E-state index in [0.717, 1.165) is 55.3 Å². The molecule has 0 radical (unpaired) electrons. The first-order chi connectivity index (χ1) is 20.6. The van der Waals surface area contributed by atoms with Gasteiger partial charge in [0.2, 0.25) is 21.8 Å². The Morgan fingerprint density at radius 3 is 2.02 bits per heavy atom. The van der Waals surface area contributed by atoms with Crippen molar-refractivity contribution in [3.63, 3.8) is 0 Å². The fourth-order valence-corrected chi connectivity index (χ4v) is 9.84. The van der Waals surface area contributed by atoms with Gasteiger partial charge in [0.15, 0.2) is 0 Å². The van der Waals surface area contributed by atoms with E-state index in [1.54, 1.807) is 6.92 Å². The molecule has 0 aromatic heterocycles. The molecule has 5 saturated carbocycles. The maximum atomic E-state index is 14.0. The molecule has 8 heteroatoms. The van der Waals surface area contributed by atoms with Gasteiger partial charge in [0, 0.05) is 12.6 Å². The molecule has 5 fully saturated rings. The molecule has 2 aromatic carbocycles.